The van der Waals surface area contributed by atoms with Gasteiger partial charge in [0.2, 0.25) is 0 Å². The van der Waals surface area contributed by atoms with E-state index in [1.54, 1.807) is 6.07 Å². The van der Waals surface area contributed by atoms with Crippen LogP contribution in [0.5, 0.6) is 0 Å². The van der Waals surface area contributed by atoms with Crippen molar-refractivity contribution in [3.63, 3.8) is 0 Å². The van der Waals surface area contributed by atoms with Crippen molar-refractivity contribution in [2.45, 2.75) is 6.92 Å². The van der Waals surface area contributed by atoms with E-state index in [0.717, 1.165) is 30.0 Å². The lowest BCUT2D eigenvalue weighted by molar-refractivity contribution is 0.122. The molecule has 3 aromatic rings. The zero-order valence-electron chi connectivity index (χ0n) is 16.7. The number of halogens is 1. The van der Waals surface area contributed by atoms with Gasteiger partial charge in [-0.1, -0.05) is 35.9 Å². The predicted molar refractivity (Wildman–Crippen MR) is 121 cm³/mol. The average molecular weight is 423 g/mol. The molecule has 8 heteroatoms. The molecular weight excluding hydrogens is 400 g/mol. The number of hydrogen-bond acceptors (Lipinski definition) is 6. The highest BCUT2D eigenvalue weighted by molar-refractivity contribution is 6.33. The molecule has 1 fully saturated rings. The molecular formula is C22H23ClN6O. The molecule has 1 aliphatic heterocycles. The van der Waals surface area contributed by atoms with Crippen LogP contribution in [0.2, 0.25) is 5.02 Å². The summed E-state index contributed by atoms with van der Waals surface area (Å²) in [5, 5.41) is 0.574. The summed E-state index contributed by atoms with van der Waals surface area (Å²) in [5.74, 6) is 2.09. The van der Waals surface area contributed by atoms with E-state index in [4.69, 9.17) is 37.8 Å². The third kappa shape index (κ3) is 4.08. The Bertz CT molecular complexity index is 1090. The lowest BCUT2D eigenvalue weighted by Crippen LogP contribution is -2.37. The topological polar surface area (TPSA) is 103 Å². The molecule has 0 atom stereocenters. The number of nitrogens with two attached hydrogens (primary N) is 2. The van der Waals surface area contributed by atoms with Crippen LogP contribution in [0, 0.1) is 6.92 Å². The molecule has 0 saturated carbocycles. The number of aromatic nitrogens is 2. The summed E-state index contributed by atoms with van der Waals surface area (Å²) in [5.41, 5.74) is 15.2. The standard InChI is InChI=1S/C22H23ClN6O/c1-14-20(26-19(25)16-7-3-5-9-18(16)24)27-21(15-6-2-4-8-17(15)23)28-22(14)29-10-12-30-13-11-29/h2-9H,10-13,24H2,1H3,(H2,25,26,27,28). The summed E-state index contributed by atoms with van der Waals surface area (Å²) in [4.78, 5) is 16.3. The third-order valence-corrected chi connectivity index (χ3v) is 5.31. The molecule has 1 aliphatic rings. The van der Waals surface area contributed by atoms with Crippen LogP contribution in [0.3, 0.4) is 0 Å². The summed E-state index contributed by atoms with van der Waals surface area (Å²) in [6.07, 6.45) is 0. The average Bonchev–Trinajstić information content (AvgIpc) is 2.76. The van der Waals surface area contributed by atoms with Crippen LogP contribution in [0.1, 0.15) is 11.1 Å². The zero-order valence-corrected chi connectivity index (χ0v) is 17.4. The SMILES string of the molecule is Cc1c(N=C(N)c2ccccc2N)nc(-c2ccccc2Cl)nc1N1CCOCC1. The van der Waals surface area contributed by atoms with Gasteiger partial charge in [-0.2, -0.15) is 0 Å². The number of benzene rings is 2. The first-order chi connectivity index (χ1) is 14.5. The van der Waals surface area contributed by atoms with Gasteiger partial charge in [-0.25, -0.2) is 15.0 Å². The van der Waals surface area contributed by atoms with E-state index in [-0.39, 0.29) is 0 Å². The number of nitrogens with zero attached hydrogens (tertiary/aromatic N) is 4. The first-order valence-corrected chi connectivity index (χ1v) is 10.1. The fourth-order valence-electron chi connectivity index (χ4n) is 3.35. The molecule has 0 aliphatic carbocycles. The molecule has 0 bridgehead atoms. The van der Waals surface area contributed by atoms with Crippen LogP contribution < -0.4 is 16.4 Å². The van der Waals surface area contributed by atoms with Crippen molar-refractivity contribution >= 4 is 34.8 Å². The van der Waals surface area contributed by atoms with E-state index in [0.29, 0.717) is 47.0 Å². The Morgan fingerprint density at radius 3 is 2.50 bits per heavy atom. The molecule has 4 N–H and O–H groups in total. The van der Waals surface area contributed by atoms with E-state index in [9.17, 15) is 0 Å². The van der Waals surface area contributed by atoms with E-state index in [1.165, 1.54) is 0 Å². The van der Waals surface area contributed by atoms with Gasteiger partial charge in [0.25, 0.3) is 0 Å². The predicted octanol–water partition coefficient (Wildman–Crippen LogP) is 3.56. The minimum atomic E-state index is 0.299. The van der Waals surface area contributed by atoms with E-state index in [1.807, 2.05) is 49.4 Å². The molecule has 2 heterocycles. The Hall–Kier alpha value is -3.16. The van der Waals surface area contributed by atoms with Crippen molar-refractivity contribution in [3.05, 3.63) is 64.7 Å². The van der Waals surface area contributed by atoms with Crippen molar-refractivity contribution in [2.24, 2.45) is 10.7 Å². The van der Waals surface area contributed by atoms with E-state index < -0.39 is 0 Å². The molecule has 0 radical (unpaired) electrons. The van der Waals surface area contributed by atoms with Gasteiger partial charge in [0, 0.05) is 35.5 Å². The second-order valence-corrected chi connectivity index (χ2v) is 7.39. The number of rotatable bonds is 4. The minimum Gasteiger partial charge on any atom is -0.398 e. The van der Waals surface area contributed by atoms with Gasteiger partial charge in [0.05, 0.1) is 18.2 Å². The summed E-state index contributed by atoms with van der Waals surface area (Å²) >= 11 is 6.42. The normalized spacial score (nSPS) is 14.7. The van der Waals surface area contributed by atoms with Crippen molar-refractivity contribution in [1.82, 2.24) is 9.97 Å². The van der Waals surface area contributed by atoms with Crippen LogP contribution in [0.15, 0.2) is 53.5 Å². The monoisotopic (exact) mass is 422 g/mol. The van der Waals surface area contributed by atoms with Crippen LogP contribution in [0.4, 0.5) is 17.3 Å². The van der Waals surface area contributed by atoms with Crippen LogP contribution in [-0.4, -0.2) is 42.1 Å². The lowest BCUT2D eigenvalue weighted by atomic mass is 10.1. The van der Waals surface area contributed by atoms with Gasteiger partial charge in [0.1, 0.15) is 11.7 Å². The number of ether oxygens (including phenoxy) is 1. The number of hydrogen-bond donors (Lipinski definition) is 2. The Morgan fingerprint density at radius 1 is 1.07 bits per heavy atom. The molecule has 154 valence electrons. The minimum absolute atomic E-state index is 0.299. The molecule has 1 saturated heterocycles. The summed E-state index contributed by atoms with van der Waals surface area (Å²) in [6, 6.07) is 14.8. The number of nitrogen functional groups attached to an aromatic ring is 1. The number of anilines is 2. The molecule has 0 spiro atoms. The van der Waals surface area contributed by atoms with Gasteiger partial charge in [-0.15, -0.1) is 0 Å². The van der Waals surface area contributed by atoms with Crippen LogP contribution in [-0.2, 0) is 4.74 Å². The fourth-order valence-corrected chi connectivity index (χ4v) is 3.57. The van der Waals surface area contributed by atoms with Crippen molar-refractivity contribution in [3.8, 4) is 11.4 Å². The maximum absolute atomic E-state index is 6.42. The summed E-state index contributed by atoms with van der Waals surface area (Å²) < 4.78 is 5.49. The van der Waals surface area contributed by atoms with E-state index in [2.05, 4.69) is 9.89 Å². The number of aliphatic imine (C=N–C) groups is 1. The highest BCUT2D eigenvalue weighted by Gasteiger charge is 2.20. The quantitative estimate of drug-likeness (QED) is 0.378. The summed E-state index contributed by atoms with van der Waals surface area (Å²) in [7, 11) is 0. The Labute approximate surface area is 180 Å². The maximum atomic E-state index is 6.42. The highest BCUT2D eigenvalue weighted by atomic mass is 35.5. The molecule has 0 amide bonds. The smallest absolute Gasteiger partial charge is 0.165 e. The maximum Gasteiger partial charge on any atom is 0.165 e. The first-order valence-electron chi connectivity index (χ1n) is 9.70. The highest BCUT2D eigenvalue weighted by Crippen LogP contribution is 2.32. The molecule has 7 nitrogen and oxygen atoms in total. The molecule has 4 rings (SSSR count). The molecule has 30 heavy (non-hydrogen) atoms. The number of morpholine rings is 1. The second-order valence-electron chi connectivity index (χ2n) is 6.98. The molecule has 0 unspecified atom stereocenters. The lowest BCUT2D eigenvalue weighted by Gasteiger charge is -2.29. The van der Waals surface area contributed by atoms with Crippen molar-refractivity contribution < 1.29 is 4.74 Å². The van der Waals surface area contributed by atoms with Gasteiger partial charge < -0.3 is 21.1 Å². The van der Waals surface area contributed by atoms with Crippen LogP contribution in [0.25, 0.3) is 11.4 Å². The van der Waals surface area contributed by atoms with Crippen molar-refractivity contribution in [1.29, 1.82) is 0 Å². The Morgan fingerprint density at radius 2 is 1.77 bits per heavy atom. The fraction of sp³-hybridized carbons (Fsp3) is 0.227. The largest absolute Gasteiger partial charge is 0.398 e. The third-order valence-electron chi connectivity index (χ3n) is 4.98. The van der Waals surface area contributed by atoms with Gasteiger partial charge >= 0.3 is 0 Å². The second kappa shape index (κ2) is 8.69. The van der Waals surface area contributed by atoms with Crippen LogP contribution >= 0.6 is 11.6 Å². The number of para-hydroxylation sites is 1. The molecule has 1 aromatic heterocycles. The van der Waals surface area contributed by atoms with Crippen molar-refractivity contribution in [2.75, 3.05) is 36.9 Å². The first kappa shape index (κ1) is 20.1. The Kier molecular flexibility index (Phi) is 5.83. The molecule has 2 aromatic carbocycles. The van der Waals surface area contributed by atoms with Gasteiger partial charge in [0.15, 0.2) is 11.6 Å². The van der Waals surface area contributed by atoms with E-state index >= 15 is 0 Å². The summed E-state index contributed by atoms with van der Waals surface area (Å²) in [6.45, 7) is 4.72. The number of amidine groups is 1. The van der Waals surface area contributed by atoms with Gasteiger partial charge in [-0.3, -0.25) is 0 Å². The van der Waals surface area contributed by atoms with Gasteiger partial charge in [-0.05, 0) is 31.2 Å². The zero-order chi connectivity index (χ0) is 21.1. The Balaban J connectivity index is 1.86.